The lowest BCUT2D eigenvalue weighted by atomic mass is 10.2. The molecular formula is C13H18O4. The van der Waals surface area contributed by atoms with E-state index in [0.717, 1.165) is 0 Å². The molecule has 0 aliphatic heterocycles. The number of methoxy groups -OCH3 is 2. The van der Waals surface area contributed by atoms with Gasteiger partial charge in [0.25, 0.3) is 0 Å². The second-order valence-corrected chi connectivity index (χ2v) is 4.03. The van der Waals surface area contributed by atoms with E-state index in [2.05, 4.69) is 0 Å². The normalized spacial score (nSPS) is 10.2. The Morgan fingerprint density at radius 2 is 1.94 bits per heavy atom. The zero-order valence-corrected chi connectivity index (χ0v) is 10.6. The van der Waals surface area contributed by atoms with Crippen LogP contribution in [-0.2, 0) is 4.74 Å². The van der Waals surface area contributed by atoms with Gasteiger partial charge in [0.05, 0.1) is 20.8 Å². The average Bonchev–Trinajstić information content (AvgIpc) is 2.34. The molecule has 0 spiro atoms. The first-order chi connectivity index (χ1) is 8.10. The van der Waals surface area contributed by atoms with Gasteiger partial charge in [0.1, 0.15) is 5.56 Å². The maximum absolute atomic E-state index is 11.8. The molecule has 0 N–H and O–H groups in total. The van der Waals surface area contributed by atoms with Crippen LogP contribution in [0, 0.1) is 5.92 Å². The zero-order chi connectivity index (χ0) is 12.8. The number of para-hydroxylation sites is 1. The van der Waals surface area contributed by atoms with Gasteiger partial charge in [-0.05, 0) is 18.1 Å². The lowest BCUT2D eigenvalue weighted by molar-refractivity contribution is 0.0454. The third kappa shape index (κ3) is 3.37. The summed E-state index contributed by atoms with van der Waals surface area (Å²) in [4.78, 5) is 11.8. The Morgan fingerprint density at radius 1 is 1.24 bits per heavy atom. The number of carbonyl (C=O) groups is 1. The van der Waals surface area contributed by atoms with Crippen LogP contribution in [0.25, 0.3) is 0 Å². The van der Waals surface area contributed by atoms with Crippen LogP contribution in [0.4, 0.5) is 0 Å². The highest BCUT2D eigenvalue weighted by Crippen LogP contribution is 2.31. The van der Waals surface area contributed by atoms with Crippen LogP contribution < -0.4 is 9.47 Å². The van der Waals surface area contributed by atoms with Crippen molar-refractivity contribution in [2.45, 2.75) is 13.8 Å². The molecule has 0 aromatic heterocycles. The quantitative estimate of drug-likeness (QED) is 0.739. The van der Waals surface area contributed by atoms with E-state index in [0.29, 0.717) is 29.6 Å². The Bertz CT molecular complexity index is 385. The van der Waals surface area contributed by atoms with Crippen LogP contribution in [0.2, 0.25) is 0 Å². The molecule has 94 valence electrons. The number of hydrogen-bond acceptors (Lipinski definition) is 4. The number of ether oxygens (including phenoxy) is 3. The molecule has 1 rings (SSSR count). The Hall–Kier alpha value is -1.71. The van der Waals surface area contributed by atoms with Gasteiger partial charge in [-0.15, -0.1) is 0 Å². The Kier molecular flexibility index (Phi) is 4.82. The molecule has 17 heavy (non-hydrogen) atoms. The molecule has 0 bridgehead atoms. The van der Waals surface area contributed by atoms with Crippen molar-refractivity contribution in [2.24, 2.45) is 5.92 Å². The summed E-state index contributed by atoms with van der Waals surface area (Å²) in [6.45, 7) is 4.35. The van der Waals surface area contributed by atoms with Gasteiger partial charge in [0.15, 0.2) is 11.5 Å². The monoisotopic (exact) mass is 238 g/mol. The summed E-state index contributed by atoms with van der Waals surface area (Å²) >= 11 is 0. The molecule has 0 amide bonds. The van der Waals surface area contributed by atoms with Crippen molar-refractivity contribution in [1.29, 1.82) is 0 Å². The molecule has 1 aromatic carbocycles. The highest BCUT2D eigenvalue weighted by molar-refractivity contribution is 5.93. The molecular weight excluding hydrogens is 220 g/mol. The van der Waals surface area contributed by atoms with Crippen LogP contribution in [0.5, 0.6) is 11.5 Å². The van der Waals surface area contributed by atoms with Crippen LogP contribution in [0.1, 0.15) is 24.2 Å². The molecule has 4 nitrogen and oxygen atoms in total. The van der Waals surface area contributed by atoms with Crippen LogP contribution in [0.3, 0.4) is 0 Å². The van der Waals surface area contributed by atoms with E-state index in [1.807, 2.05) is 13.8 Å². The largest absolute Gasteiger partial charge is 0.493 e. The summed E-state index contributed by atoms with van der Waals surface area (Å²) in [5.41, 5.74) is 0.382. The third-order valence-corrected chi connectivity index (χ3v) is 2.17. The van der Waals surface area contributed by atoms with E-state index in [1.54, 1.807) is 18.2 Å². The average molecular weight is 238 g/mol. The minimum absolute atomic E-state index is 0.301. The van der Waals surface area contributed by atoms with E-state index in [9.17, 15) is 4.79 Å². The highest BCUT2D eigenvalue weighted by atomic mass is 16.5. The zero-order valence-electron chi connectivity index (χ0n) is 10.6. The molecule has 0 aliphatic carbocycles. The fourth-order valence-corrected chi connectivity index (χ4v) is 1.37. The summed E-state index contributed by atoms with van der Waals surface area (Å²) in [5, 5.41) is 0. The second-order valence-electron chi connectivity index (χ2n) is 4.03. The summed E-state index contributed by atoms with van der Waals surface area (Å²) in [7, 11) is 3.03. The maximum atomic E-state index is 11.8. The summed E-state index contributed by atoms with van der Waals surface area (Å²) in [5.74, 6) is 0.834. The van der Waals surface area contributed by atoms with E-state index in [1.165, 1.54) is 14.2 Å². The van der Waals surface area contributed by atoms with Crippen molar-refractivity contribution >= 4 is 5.97 Å². The van der Waals surface area contributed by atoms with Crippen LogP contribution in [0.15, 0.2) is 18.2 Å². The molecule has 0 unspecified atom stereocenters. The van der Waals surface area contributed by atoms with Gasteiger partial charge < -0.3 is 14.2 Å². The van der Waals surface area contributed by atoms with Gasteiger partial charge >= 0.3 is 5.97 Å². The third-order valence-electron chi connectivity index (χ3n) is 2.17. The molecule has 0 atom stereocenters. The Labute approximate surface area is 101 Å². The smallest absolute Gasteiger partial charge is 0.342 e. The fraction of sp³-hybridized carbons (Fsp3) is 0.462. The fourth-order valence-electron chi connectivity index (χ4n) is 1.37. The van der Waals surface area contributed by atoms with Gasteiger partial charge in [-0.25, -0.2) is 4.79 Å². The number of carbonyl (C=O) groups excluding carboxylic acids is 1. The molecule has 0 aliphatic rings. The minimum atomic E-state index is -0.394. The molecule has 0 saturated heterocycles. The van der Waals surface area contributed by atoms with Gasteiger partial charge in [0.2, 0.25) is 0 Å². The predicted molar refractivity (Wildman–Crippen MR) is 64.7 cm³/mol. The molecule has 0 fully saturated rings. The van der Waals surface area contributed by atoms with Crippen molar-refractivity contribution < 1.29 is 19.0 Å². The first kappa shape index (κ1) is 13.4. The van der Waals surface area contributed by atoms with Crippen molar-refractivity contribution in [2.75, 3.05) is 20.8 Å². The maximum Gasteiger partial charge on any atom is 0.342 e. The van der Waals surface area contributed by atoms with Crippen molar-refractivity contribution in [3.05, 3.63) is 23.8 Å². The topological polar surface area (TPSA) is 44.8 Å². The number of hydrogen-bond donors (Lipinski definition) is 0. The molecule has 0 radical (unpaired) electrons. The highest BCUT2D eigenvalue weighted by Gasteiger charge is 2.17. The Morgan fingerprint density at radius 3 is 2.47 bits per heavy atom. The summed E-state index contributed by atoms with van der Waals surface area (Å²) in [6, 6.07) is 5.12. The molecule has 0 heterocycles. The van der Waals surface area contributed by atoms with E-state index in [4.69, 9.17) is 14.2 Å². The van der Waals surface area contributed by atoms with Gasteiger partial charge in [-0.3, -0.25) is 0 Å². The van der Waals surface area contributed by atoms with E-state index in [-0.39, 0.29) is 0 Å². The first-order valence-corrected chi connectivity index (χ1v) is 5.48. The van der Waals surface area contributed by atoms with Crippen molar-refractivity contribution in [3.8, 4) is 11.5 Å². The minimum Gasteiger partial charge on any atom is -0.493 e. The molecule has 0 saturated carbocycles. The lowest BCUT2D eigenvalue weighted by Gasteiger charge is -2.12. The number of rotatable bonds is 5. The van der Waals surface area contributed by atoms with Crippen molar-refractivity contribution in [3.63, 3.8) is 0 Å². The summed E-state index contributed by atoms with van der Waals surface area (Å²) < 4.78 is 15.4. The van der Waals surface area contributed by atoms with Crippen LogP contribution >= 0.6 is 0 Å². The lowest BCUT2D eigenvalue weighted by Crippen LogP contribution is -2.11. The number of benzene rings is 1. The SMILES string of the molecule is COc1cccc(C(=O)OCC(C)C)c1OC. The first-order valence-electron chi connectivity index (χ1n) is 5.48. The van der Waals surface area contributed by atoms with Gasteiger partial charge in [-0.2, -0.15) is 0 Å². The Balaban J connectivity index is 2.92. The predicted octanol–water partition coefficient (Wildman–Crippen LogP) is 2.52. The molecule has 4 heteroatoms. The standard InChI is InChI=1S/C13H18O4/c1-9(2)8-17-13(14)10-6-5-7-11(15-3)12(10)16-4/h5-7,9H,8H2,1-4H3. The van der Waals surface area contributed by atoms with Gasteiger partial charge in [0, 0.05) is 0 Å². The van der Waals surface area contributed by atoms with Crippen LogP contribution in [-0.4, -0.2) is 26.8 Å². The van der Waals surface area contributed by atoms with E-state index < -0.39 is 5.97 Å². The molecule has 1 aromatic rings. The number of esters is 1. The van der Waals surface area contributed by atoms with Gasteiger partial charge in [-0.1, -0.05) is 19.9 Å². The van der Waals surface area contributed by atoms with Crippen molar-refractivity contribution in [1.82, 2.24) is 0 Å². The van der Waals surface area contributed by atoms with E-state index >= 15 is 0 Å². The second kappa shape index (κ2) is 6.13. The summed E-state index contributed by atoms with van der Waals surface area (Å²) in [6.07, 6.45) is 0.